The molecule has 0 heterocycles. The Bertz CT molecular complexity index is 413. The fourth-order valence-electron chi connectivity index (χ4n) is 1.17. The molecule has 1 aromatic carbocycles. The molecule has 1 rings (SSSR count). The van der Waals surface area contributed by atoms with E-state index in [0.717, 1.165) is 0 Å². The first-order valence-electron chi connectivity index (χ1n) is 5.17. The highest BCUT2D eigenvalue weighted by Crippen LogP contribution is 2.26. The highest BCUT2D eigenvalue weighted by molar-refractivity contribution is 6.42. The number of ether oxygens (including phenoxy) is 1. The Morgan fingerprint density at radius 2 is 1.94 bits per heavy atom. The van der Waals surface area contributed by atoms with Crippen LogP contribution in [0, 0.1) is 0 Å². The lowest BCUT2D eigenvalue weighted by molar-refractivity contribution is -0.124. The summed E-state index contributed by atoms with van der Waals surface area (Å²) >= 11 is 11.6. The van der Waals surface area contributed by atoms with Gasteiger partial charge in [0.2, 0.25) is 0 Å². The average Bonchev–Trinajstić information content (AvgIpc) is 2.17. The smallest absolute Gasteiger partial charge is 0.258 e. The predicted octanol–water partition coefficient (Wildman–Crippen LogP) is 3.29. The Morgan fingerprint density at radius 1 is 1.29 bits per heavy atom. The zero-order valence-electron chi connectivity index (χ0n) is 10.0. The van der Waals surface area contributed by atoms with Crippen molar-refractivity contribution in [3.8, 4) is 5.75 Å². The Hall–Kier alpha value is -0.930. The van der Waals surface area contributed by atoms with Crippen molar-refractivity contribution < 1.29 is 9.53 Å². The standard InChI is InChI=1S/C12H15Cl2NO2/c1-12(2,3)15-11(16)7-17-8-4-5-9(13)10(14)6-8/h4-6H,7H2,1-3H3,(H,15,16). The summed E-state index contributed by atoms with van der Waals surface area (Å²) in [5.74, 6) is 0.340. The largest absolute Gasteiger partial charge is 0.484 e. The lowest BCUT2D eigenvalue weighted by Gasteiger charge is -2.20. The molecule has 5 heteroatoms. The van der Waals surface area contributed by atoms with Crippen molar-refractivity contribution in [3.05, 3.63) is 28.2 Å². The zero-order valence-corrected chi connectivity index (χ0v) is 11.5. The number of rotatable bonds is 3. The van der Waals surface area contributed by atoms with Gasteiger partial charge in [-0.25, -0.2) is 0 Å². The molecular formula is C12H15Cl2NO2. The molecule has 0 aromatic heterocycles. The van der Waals surface area contributed by atoms with Gasteiger partial charge in [-0.3, -0.25) is 4.79 Å². The fraction of sp³-hybridized carbons (Fsp3) is 0.417. The van der Waals surface area contributed by atoms with Crippen LogP contribution < -0.4 is 10.1 Å². The van der Waals surface area contributed by atoms with Gasteiger partial charge in [0.25, 0.3) is 5.91 Å². The number of halogens is 2. The Morgan fingerprint density at radius 3 is 2.47 bits per heavy atom. The van der Waals surface area contributed by atoms with Crippen LogP contribution in [0.1, 0.15) is 20.8 Å². The van der Waals surface area contributed by atoms with Gasteiger partial charge in [-0.05, 0) is 32.9 Å². The van der Waals surface area contributed by atoms with Crippen LogP contribution in [0.25, 0.3) is 0 Å². The summed E-state index contributed by atoms with van der Waals surface area (Å²) in [5, 5.41) is 3.65. The molecule has 0 aliphatic carbocycles. The van der Waals surface area contributed by atoms with Gasteiger partial charge in [-0.2, -0.15) is 0 Å². The molecule has 0 bridgehead atoms. The van der Waals surface area contributed by atoms with Gasteiger partial charge in [0.15, 0.2) is 6.61 Å². The average molecular weight is 276 g/mol. The van der Waals surface area contributed by atoms with Crippen LogP contribution in [0.2, 0.25) is 10.0 Å². The van der Waals surface area contributed by atoms with Crippen LogP contribution >= 0.6 is 23.2 Å². The van der Waals surface area contributed by atoms with Crippen molar-refractivity contribution in [2.75, 3.05) is 6.61 Å². The number of carbonyl (C=O) groups excluding carboxylic acids is 1. The van der Waals surface area contributed by atoms with E-state index in [9.17, 15) is 4.79 Å². The number of carbonyl (C=O) groups is 1. The number of hydrogen-bond donors (Lipinski definition) is 1. The second-order valence-electron chi connectivity index (χ2n) is 4.66. The van der Waals surface area contributed by atoms with Crippen molar-refractivity contribution in [1.29, 1.82) is 0 Å². The quantitative estimate of drug-likeness (QED) is 0.920. The van der Waals surface area contributed by atoms with E-state index < -0.39 is 0 Å². The van der Waals surface area contributed by atoms with Crippen molar-refractivity contribution in [3.63, 3.8) is 0 Å². The normalized spacial score (nSPS) is 11.1. The summed E-state index contributed by atoms with van der Waals surface area (Å²) in [7, 11) is 0. The molecule has 0 radical (unpaired) electrons. The van der Waals surface area contributed by atoms with Crippen LogP contribution in [0.3, 0.4) is 0 Å². The predicted molar refractivity (Wildman–Crippen MR) is 69.9 cm³/mol. The van der Waals surface area contributed by atoms with E-state index in [0.29, 0.717) is 15.8 Å². The first-order chi connectivity index (χ1) is 7.78. The summed E-state index contributed by atoms with van der Waals surface area (Å²) in [4.78, 5) is 11.5. The summed E-state index contributed by atoms with van der Waals surface area (Å²) in [5.41, 5.74) is -0.266. The van der Waals surface area contributed by atoms with Crippen LogP contribution in [0.5, 0.6) is 5.75 Å². The summed E-state index contributed by atoms with van der Waals surface area (Å²) < 4.78 is 5.29. The van der Waals surface area contributed by atoms with E-state index in [2.05, 4.69) is 5.32 Å². The van der Waals surface area contributed by atoms with Crippen molar-refractivity contribution in [2.24, 2.45) is 0 Å². The monoisotopic (exact) mass is 275 g/mol. The van der Waals surface area contributed by atoms with Gasteiger partial charge in [0.05, 0.1) is 10.0 Å². The molecule has 0 fully saturated rings. The van der Waals surface area contributed by atoms with E-state index >= 15 is 0 Å². The molecule has 3 nitrogen and oxygen atoms in total. The van der Waals surface area contributed by atoms with E-state index in [1.165, 1.54) is 0 Å². The number of benzene rings is 1. The molecule has 0 unspecified atom stereocenters. The fourth-order valence-corrected chi connectivity index (χ4v) is 1.46. The first-order valence-corrected chi connectivity index (χ1v) is 5.92. The number of amides is 1. The van der Waals surface area contributed by atoms with Crippen molar-refractivity contribution in [1.82, 2.24) is 5.32 Å². The van der Waals surface area contributed by atoms with E-state index in [1.54, 1.807) is 18.2 Å². The molecule has 1 aromatic rings. The Balaban J connectivity index is 2.50. The number of hydrogen-bond acceptors (Lipinski definition) is 2. The third kappa shape index (κ3) is 5.29. The second-order valence-corrected chi connectivity index (χ2v) is 5.48. The molecule has 0 saturated heterocycles. The lowest BCUT2D eigenvalue weighted by atomic mass is 10.1. The minimum Gasteiger partial charge on any atom is -0.484 e. The Kier molecular flexibility index (Phi) is 4.66. The molecule has 1 N–H and O–H groups in total. The molecule has 0 spiro atoms. The summed E-state index contributed by atoms with van der Waals surface area (Å²) in [6.07, 6.45) is 0. The lowest BCUT2D eigenvalue weighted by Crippen LogP contribution is -2.43. The van der Waals surface area contributed by atoms with Crippen molar-refractivity contribution in [2.45, 2.75) is 26.3 Å². The van der Waals surface area contributed by atoms with E-state index in [4.69, 9.17) is 27.9 Å². The van der Waals surface area contributed by atoms with E-state index in [1.807, 2.05) is 20.8 Å². The summed E-state index contributed by atoms with van der Waals surface area (Å²) in [6, 6.07) is 4.87. The molecule has 0 atom stereocenters. The highest BCUT2D eigenvalue weighted by atomic mass is 35.5. The third-order valence-corrected chi connectivity index (χ3v) is 2.51. The van der Waals surface area contributed by atoms with Crippen LogP contribution in [0.4, 0.5) is 0 Å². The summed E-state index contributed by atoms with van der Waals surface area (Å²) in [6.45, 7) is 5.67. The molecule has 0 saturated carbocycles. The minimum atomic E-state index is -0.266. The van der Waals surface area contributed by atoms with Crippen LogP contribution in [-0.2, 0) is 4.79 Å². The molecule has 0 aliphatic heterocycles. The maximum absolute atomic E-state index is 11.5. The Labute approximate surface area is 111 Å². The van der Waals surface area contributed by atoms with Gasteiger partial charge >= 0.3 is 0 Å². The van der Waals surface area contributed by atoms with Gasteiger partial charge < -0.3 is 10.1 Å². The molecule has 1 amide bonds. The van der Waals surface area contributed by atoms with Crippen LogP contribution in [0.15, 0.2) is 18.2 Å². The SMILES string of the molecule is CC(C)(C)NC(=O)COc1ccc(Cl)c(Cl)c1. The minimum absolute atomic E-state index is 0.0464. The van der Waals surface area contributed by atoms with Crippen molar-refractivity contribution >= 4 is 29.1 Å². The number of nitrogens with one attached hydrogen (secondary N) is 1. The van der Waals surface area contributed by atoms with Crippen LogP contribution in [-0.4, -0.2) is 18.1 Å². The van der Waals surface area contributed by atoms with Gasteiger partial charge in [0.1, 0.15) is 5.75 Å². The third-order valence-electron chi connectivity index (χ3n) is 1.78. The highest BCUT2D eigenvalue weighted by Gasteiger charge is 2.14. The van der Waals surface area contributed by atoms with E-state index in [-0.39, 0.29) is 18.1 Å². The maximum Gasteiger partial charge on any atom is 0.258 e. The second kappa shape index (κ2) is 5.61. The molecule has 94 valence electrons. The molecule has 0 aliphatic rings. The van der Waals surface area contributed by atoms with Gasteiger partial charge in [-0.1, -0.05) is 23.2 Å². The van der Waals surface area contributed by atoms with Gasteiger partial charge in [-0.15, -0.1) is 0 Å². The first kappa shape index (κ1) is 14.1. The topological polar surface area (TPSA) is 38.3 Å². The molecule has 17 heavy (non-hydrogen) atoms. The molecular weight excluding hydrogens is 261 g/mol. The maximum atomic E-state index is 11.5. The van der Waals surface area contributed by atoms with Gasteiger partial charge in [0, 0.05) is 11.6 Å². The zero-order chi connectivity index (χ0) is 13.1.